The molecular weight excluding hydrogens is 331 g/mol. The molecule has 1 unspecified atom stereocenters. The van der Waals surface area contributed by atoms with E-state index in [1.54, 1.807) is 20.2 Å². The second kappa shape index (κ2) is 11.1. The van der Waals surface area contributed by atoms with Crippen LogP contribution in [-0.2, 0) is 17.9 Å². The van der Waals surface area contributed by atoms with Gasteiger partial charge >= 0.3 is 0 Å². The number of nitrogens with zero attached hydrogens (tertiary/aromatic N) is 2. The van der Waals surface area contributed by atoms with Crippen LogP contribution in [0.15, 0.2) is 23.2 Å². The molecular formula is C20H33FN4O. The van der Waals surface area contributed by atoms with Gasteiger partial charge in [0, 0.05) is 45.4 Å². The zero-order chi connectivity index (χ0) is 18.8. The Morgan fingerprint density at radius 2 is 2.19 bits per heavy atom. The lowest BCUT2D eigenvalue weighted by Crippen LogP contribution is -2.45. The number of benzene rings is 1. The first-order valence-corrected chi connectivity index (χ1v) is 9.62. The Labute approximate surface area is 157 Å². The largest absolute Gasteiger partial charge is 0.380 e. The number of nitrogens with one attached hydrogen (secondary N) is 2. The van der Waals surface area contributed by atoms with Gasteiger partial charge in [0.15, 0.2) is 5.96 Å². The summed E-state index contributed by atoms with van der Waals surface area (Å²) in [5.74, 6) is 0.540. The first-order chi connectivity index (χ1) is 12.7. The lowest BCUT2D eigenvalue weighted by molar-refractivity contribution is 0.147. The van der Waals surface area contributed by atoms with Crippen molar-refractivity contribution < 1.29 is 9.13 Å². The molecule has 0 aromatic heterocycles. The maximum absolute atomic E-state index is 13.7. The fourth-order valence-corrected chi connectivity index (χ4v) is 3.55. The summed E-state index contributed by atoms with van der Waals surface area (Å²) < 4.78 is 18.7. The van der Waals surface area contributed by atoms with E-state index in [1.165, 1.54) is 38.3 Å². The zero-order valence-corrected chi connectivity index (χ0v) is 16.4. The molecule has 5 nitrogen and oxygen atoms in total. The van der Waals surface area contributed by atoms with E-state index in [9.17, 15) is 4.39 Å². The first kappa shape index (κ1) is 20.6. The van der Waals surface area contributed by atoms with E-state index >= 15 is 0 Å². The molecule has 1 heterocycles. The van der Waals surface area contributed by atoms with Crippen molar-refractivity contribution in [1.29, 1.82) is 0 Å². The van der Waals surface area contributed by atoms with E-state index in [1.807, 2.05) is 6.07 Å². The van der Waals surface area contributed by atoms with Crippen LogP contribution in [0.1, 0.15) is 43.7 Å². The van der Waals surface area contributed by atoms with E-state index in [0.717, 1.165) is 30.7 Å². The number of halogens is 1. The van der Waals surface area contributed by atoms with Gasteiger partial charge < -0.3 is 15.4 Å². The Bertz CT molecular complexity index is 579. The predicted molar refractivity (Wildman–Crippen MR) is 105 cm³/mol. The lowest BCUT2D eigenvalue weighted by Gasteiger charge is -2.35. The second-order valence-corrected chi connectivity index (χ2v) is 6.81. The third kappa shape index (κ3) is 6.25. The van der Waals surface area contributed by atoms with E-state index in [4.69, 9.17) is 4.74 Å². The molecule has 1 aliphatic heterocycles. The van der Waals surface area contributed by atoms with Gasteiger partial charge in [0.2, 0.25) is 0 Å². The number of piperidine rings is 1. The molecule has 2 rings (SSSR count). The van der Waals surface area contributed by atoms with Crippen molar-refractivity contribution in [3.8, 4) is 0 Å². The molecule has 1 aromatic rings. The number of aliphatic imine (C=N–C) groups is 1. The van der Waals surface area contributed by atoms with Crippen LogP contribution >= 0.6 is 0 Å². The fraction of sp³-hybridized carbons (Fsp3) is 0.650. The first-order valence-electron chi connectivity index (χ1n) is 9.62. The maximum Gasteiger partial charge on any atom is 0.191 e. The molecule has 26 heavy (non-hydrogen) atoms. The van der Waals surface area contributed by atoms with Crippen LogP contribution in [0.5, 0.6) is 0 Å². The highest BCUT2D eigenvalue weighted by atomic mass is 19.1. The van der Waals surface area contributed by atoms with Crippen LogP contribution in [0.4, 0.5) is 4.39 Å². The number of guanidine groups is 1. The summed E-state index contributed by atoms with van der Waals surface area (Å²) >= 11 is 0. The maximum atomic E-state index is 13.7. The Morgan fingerprint density at radius 1 is 1.35 bits per heavy atom. The number of methoxy groups -OCH3 is 1. The molecule has 1 aromatic carbocycles. The Morgan fingerprint density at radius 3 is 2.92 bits per heavy atom. The molecule has 0 radical (unpaired) electrons. The number of hydrogen-bond acceptors (Lipinski definition) is 3. The van der Waals surface area contributed by atoms with E-state index in [2.05, 4.69) is 27.4 Å². The minimum absolute atomic E-state index is 0.231. The fourth-order valence-electron chi connectivity index (χ4n) is 3.55. The van der Waals surface area contributed by atoms with E-state index in [-0.39, 0.29) is 12.4 Å². The van der Waals surface area contributed by atoms with Crippen molar-refractivity contribution >= 4 is 5.96 Å². The van der Waals surface area contributed by atoms with Gasteiger partial charge in [-0.2, -0.15) is 0 Å². The number of ether oxygens (including phenoxy) is 1. The topological polar surface area (TPSA) is 48.9 Å². The smallest absolute Gasteiger partial charge is 0.191 e. The van der Waals surface area contributed by atoms with Crippen molar-refractivity contribution in [2.24, 2.45) is 4.99 Å². The Hall–Kier alpha value is -1.66. The summed E-state index contributed by atoms with van der Waals surface area (Å²) in [5.41, 5.74) is 1.58. The average Bonchev–Trinajstić information content (AvgIpc) is 2.67. The highest BCUT2D eigenvalue weighted by Gasteiger charge is 2.19. The molecule has 6 heteroatoms. The molecule has 0 saturated carbocycles. The molecule has 1 atom stereocenters. The molecule has 146 valence electrons. The minimum atomic E-state index is -0.231. The molecule has 1 saturated heterocycles. The van der Waals surface area contributed by atoms with Gasteiger partial charge in [-0.1, -0.05) is 19.4 Å². The van der Waals surface area contributed by atoms with Crippen LogP contribution < -0.4 is 10.6 Å². The molecule has 1 aliphatic rings. The van der Waals surface area contributed by atoms with Gasteiger partial charge in [-0.3, -0.25) is 9.89 Å². The van der Waals surface area contributed by atoms with Crippen molar-refractivity contribution in [2.45, 2.75) is 51.8 Å². The predicted octanol–water partition coefficient (Wildman–Crippen LogP) is 2.90. The van der Waals surface area contributed by atoms with Gasteiger partial charge in [-0.15, -0.1) is 0 Å². The van der Waals surface area contributed by atoms with Crippen molar-refractivity contribution in [1.82, 2.24) is 15.5 Å². The van der Waals surface area contributed by atoms with E-state index in [0.29, 0.717) is 12.1 Å². The highest BCUT2D eigenvalue weighted by Crippen LogP contribution is 2.18. The Balaban J connectivity index is 1.78. The zero-order valence-electron chi connectivity index (χ0n) is 16.4. The average molecular weight is 365 g/mol. The SMILES string of the molecule is CCC1CCCCN1CCNC(=NC)NCc1ccc(F)c(COC)c1. The summed E-state index contributed by atoms with van der Waals surface area (Å²) in [6.45, 7) is 6.25. The Kier molecular flexibility index (Phi) is 8.85. The normalized spacial score (nSPS) is 18.8. The molecule has 0 bridgehead atoms. The van der Waals surface area contributed by atoms with Crippen molar-refractivity contribution in [3.63, 3.8) is 0 Å². The van der Waals surface area contributed by atoms with Gasteiger partial charge in [-0.25, -0.2) is 4.39 Å². The monoisotopic (exact) mass is 364 g/mol. The van der Waals surface area contributed by atoms with Crippen LogP contribution in [0.2, 0.25) is 0 Å². The summed E-state index contributed by atoms with van der Waals surface area (Å²) in [5, 5.41) is 6.68. The molecule has 1 fully saturated rings. The van der Waals surface area contributed by atoms with Gasteiger partial charge in [-0.05, 0) is 43.5 Å². The lowest BCUT2D eigenvalue weighted by atomic mass is 10.0. The number of hydrogen-bond donors (Lipinski definition) is 2. The third-order valence-corrected chi connectivity index (χ3v) is 5.01. The van der Waals surface area contributed by atoms with Crippen molar-refractivity contribution in [3.05, 3.63) is 35.1 Å². The summed E-state index contributed by atoms with van der Waals surface area (Å²) in [4.78, 5) is 6.86. The summed E-state index contributed by atoms with van der Waals surface area (Å²) in [7, 11) is 3.34. The quantitative estimate of drug-likeness (QED) is 0.550. The minimum Gasteiger partial charge on any atom is -0.380 e. The van der Waals surface area contributed by atoms with Gasteiger partial charge in [0.1, 0.15) is 5.82 Å². The van der Waals surface area contributed by atoms with Gasteiger partial charge in [0.25, 0.3) is 0 Å². The molecule has 0 aliphatic carbocycles. The molecule has 2 N–H and O–H groups in total. The molecule has 0 spiro atoms. The number of rotatable bonds is 8. The highest BCUT2D eigenvalue weighted by molar-refractivity contribution is 5.79. The van der Waals surface area contributed by atoms with Crippen LogP contribution in [0.3, 0.4) is 0 Å². The van der Waals surface area contributed by atoms with Crippen LogP contribution in [0.25, 0.3) is 0 Å². The summed E-state index contributed by atoms with van der Waals surface area (Å²) in [6.07, 6.45) is 5.20. The summed E-state index contributed by atoms with van der Waals surface area (Å²) in [6, 6.07) is 5.83. The standard InChI is InChI=1S/C20H33FN4O/c1-4-18-7-5-6-11-25(18)12-10-23-20(22-2)24-14-16-8-9-19(21)17(13-16)15-26-3/h8-9,13,18H,4-7,10-12,14-15H2,1-3H3,(H2,22,23,24). The van der Waals surface area contributed by atoms with Crippen molar-refractivity contribution in [2.75, 3.05) is 33.8 Å². The number of likely N-dealkylation sites (tertiary alicyclic amines) is 1. The third-order valence-electron chi connectivity index (χ3n) is 5.01. The van der Waals surface area contributed by atoms with Crippen LogP contribution in [0, 0.1) is 5.82 Å². The van der Waals surface area contributed by atoms with Crippen LogP contribution in [-0.4, -0.2) is 50.7 Å². The van der Waals surface area contributed by atoms with E-state index < -0.39 is 0 Å². The second-order valence-electron chi connectivity index (χ2n) is 6.81. The molecule has 0 amide bonds. The van der Waals surface area contributed by atoms with Gasteiger partial charge in [0.05, 0.1) is 6.61 Å².